The third-order valence-corrected chi connectivity index (χ3v) is 1.82. The van der Waals surface area contributed by atoms with Crippen molar-refractivity contribution in [2.45, 2.75) is 46.3 Å². The average Bonchev–Trinajstić information content (AvgIpc) is 1.96. The van der Waals surface area contributed by atoms with E-state index in [1.807, 2.05) is 32.0 Å². The molecule has 0 fully saturated rings. The van der Waals surface area contributed by atoms with Crippen LogP contribution in [0.25, 0.3) is 0 Å². The van der Waals surface area contributed by atoms with Crippen LogP contribution in [0.3, 0.4) is 0 Å². The molecular weight excluding hydrogens is 200 g/mol. The molecule has 3 heteroatoms. The Labute approximate surface area is 98.0 Å². The molecule has 0 aromatic heterocycles. The molecule has 0 amide bonds. The largest absolute Gasteiger partial charge is 0.491 e. The Hall–Kier alpha value is -1.38. The second-order valence-electron chi connectivity index (χ2n) is 5.33. The van der Waals surface area contributed by atoms with Crippen molar-refractivity contribution in [2.75, 3.05) is 11.1 Å². The maximum Gasteiger partial charge on any atom is 0.123 e. The lowest BCUT2D eigenvalue weighted by atomic mass is 10.1. The minimum Gasteiger partial charge on any atom is -0.491 e. The number of nitrogens with one attached hydrogen (secondary N) is 1. The molecule has 0 atom stereocenters. The molecule has 16 heavy (non-hydrogen) atoms. The van der Waals surface area contributed by atoms with Crippen LogP contribution in [-0.4, -0.2) is 11.6 Å². The summed E-state index contributed by atoms with van der Waals surface area (Å²) in [6.07, 6.45) is 0.157. The zero-order chi connectivity index (χ0) is 12.3. The second kappa shape index (κ2) is 4.64. The van der Waals surface area contributed by atoms with Crippen LogP contribution in [0.1, 0.15) is 34.6 Å². The predicted octanol–water partition coefficient (Wildman–Crippen LogP) is 3.27. The molecule has 0 heterocycles. The van der Waals surface area contributed by atoms with Gasteiger partial charge in [-0.05, 0) is 40.7 Å². The Kier molecular flexibility index (Phi) is 3.68. The molecule has 1 aromatic rings. The Balaban J connectivity index is 2.90. The van der Waals surface area contributed by atoms with Crippen LogP contribution in [0.15, 0.2) is 18.2 Å². The van der Waals surface area contributed by atoms with Crippen LogP contribution in [0.2, 0.25) is 0 Å². The number of nitrogen functional groups attached to an aromatic ring is 1. The van der Waals surface area contributed by atoms with E-state index in [4.69, 9.17) is 10.5 Å². The summed E-state index contributed by atoms with van der Waals surface area (Å²) in [5, 5.41) is 3.38. The van der Waals surface area contributed by atoms with Gasteiger partial charge in [0.15, 0.2) is 0 Å². The third kappa shape index (κ3) is 4.43. The zero-order valence-electron chi connectivity index (χ0n) is 10.8. The first kappa shape index (κ1) is 12.7. The van der Waals surface area contributed by atoms with Gasteiger partial charge in [-0.25, -0.2) is 0 Å². The van der Waals surface area contributed by atoms with Gasteiger partial charge in [-0.1, -0.05) is 0 Å². The molecule has 1 rings (SSSR count). The molecule has 0 radical (unpaired) electrons. The van der Waals surface area contributed by atoms with E-state index >= 15 is 0 Å². The van der Waals surface area contributed by atoms with Crippen molar-refractivity contribution in [3.05, 3.63) is 18.2 Å². The molecule has 0 aliphatic rings. The van der Waals surface area contributed by atoms with E-state index in [2.05, 4.69) is 26.1 Å². The Morgan fingerprint density at radius 1 is 1.19 bits per heavy atom. The summed E-state index contributed by atoms with van der Waals surface area (Å²) in [7, 11) is 0. The van der Waals surface area contributed by atoms with Crippen LogP contribution in [0.4, 0.5) is 11.4 Å². The van der Waals surface area contributed by atoms with Crippen molar-refractivity contribution in [2.24, 2.45) is 0 Å². The predicted molar refractivity (Wildman–Crippen MR) is 70.0 cm³/mol. The summed E-state index contributed by atoms with van der Waals surface area (Å²) in [4.78, 5) is 0. The molecule has 0 aliphatic heterocycles. The SMILES string of the molecule is CC(C)Oc1cc(N)cc(NC(C)(C)C)c1. The standard InChI is InChI=1S/C13H22N2O/c1-9(2)16-12-7-10(14)6-11(8-12)15-13(3,4)5/h6-9,15H,14H2,1-5H3. The lowest BCUT2D eigenvalue weighted by Gasteiger charge is -2.23. The van der Waals surface area contributed by atoms with E-state index in [0.717, 1.165) is 11.4 Å². The molecule has 0 saturated carbocycles. The minimum atomic E-state index is 0.0168. The maximum atomic E-state index is 5.83. The van der Waals surface area contributed by atoms with E-state index in [0.29, 0.717) is 5.69 Å². The number of hydrogen-bond acceptors (Lipinski definition) is 3. The van der Waals surface area contributed by atoms with Crippen LogP contribution < -0.4 is 15.8 Å². The molecule has 0 spiro atoms. The number of nitrogens with two attached hydrogens (primary N) is 1. The topological polar surface area (TPSA) is 47.3 Å². The highest BCUT2D eigenvalue weighted by molar-refractivity contribution is 5.60. The van der Waals surface area contributed by atoms with Gasteiger partial charge in [-0.15, -0.1) is 0 Å². The fourth-order valence-electron chi connectivity index (χ4n) is 1.47. The molecule has 0 unspecified atom stereocenters. The fourth-order valence-corrected chi connectivity index (χ4v) is 1.47. The molecule has 0 bridgehead atoms. The van der Waals surface area contributed by atoms with Crippen LogP contribution in [0, 0.1) is 0 Å². The Morgan fingerprint density at radius 3 is 2.31 bits per heavy atom. The monoisotopic (exact) mass is 222 g/mol. The van der Waals surface area contributed by atoms with Gasteiger partial charge >= 0.3 is 0 Å². The van der Waals surface area contributed by atoms with Crippen molar-refractivity contribution in [1.82, 2.24) is 0 Å². The van der Waals surface area contributed by atoms with E-state index in [1.54, 1.807) is 0 Å². The lowest BCUT2D eigenvalue weighted by molar-refractivity contribution is 0.242. The van der Waals surface area contributed by atoms with E-state index in [9.17, 15) is 0 Å². The summed E-state index contributed by atoms with van der Waals surface area (Å²) in [6, 6.07) is 5.73. The summed E-state index contributed by atoms with van der Waals surface area (Å²) in [5.74, 6) is 0.807. The van der Waals surface area contributed by atoms with Gasteiger partial charge in [0.2, 0.25) is 0 Å². The van der Waals surface area contributed by atoms with Crippen molar-refractivity contribution >= 4 is 11.4 Å². The first-order chi connectivity index (χ1) is 7.26. The summed E-state index contributed by atoms with van der Waals surface area (Å²) in [5.41, 5.74) is 7.55. The number of anilines is 2. The quantitative estimate of drug-likeness (QED) is 0.772. The molecule has 90 valence electrons. The van der Waals surface area contributed by atoms with Crippen LogP contribution in [0.5, 0.6) is 5.75 Å². The molecule has 3 N–H and O–H groups in total. The van der Waals surface area contributed by atoms with Gasteiger partial charge in [0.25, 0.3) is 0 Å². The van der Waals surface area contributed by atoms with Crippen LogP contribution in [-0.2, 0) is 0 Å². The van der Waals surface area contributed by atoms with Crippen molar-refractivity contribution in [1.29, 1.82) is 0 Å². The van der Waals surface area contributed by atoms with Gasteiger partial charge < -0.3 is 15.8 Å². The Morgan fingerprint density at radius 2 is 1.81 bits per heavy atom. The first-order valence-corrected chi connectivity index (χ1v) is 5.62. The van der Waals surface area contributed by atoms with Crippen molar-refractivity contribution in [3.8, 4) is 5.75 Å². The first-order valence-electron chi connectivity index (χ1n) is 5.62. The molecular formula is C13H22N2O. The zero-order valence-corrected chi connectivity index (χ0v) is 10.8. The third-order valence-electron chi connectivity index (χ3n) is 1.82. The molecule has 0 saturated heterocycles. The van der Waals surface area contributed by atoms with Gasteiger partial charge in [0.1, 0.15) is 5.75 Å². The van der Waals surface area contributed by atoms with Gasteiger partial charge in [-0.3, -0.25) is 0 Å². The van der Waals surface area contributed by atoms with E-state index in [1.165, 1.54) is 0 Å². The Bertz CT molecular complexity index is 353. The van der Waals surface area contributed by atoms with Gasteiger partial charge in [0, 0.05) is 29.0 Å². The summed E-state index contributed by atoms with van der Waals surface area (Å²) >= 11 is 0. The van der Waals surface area contributed by atoms with Gasteiger partial charge in [0.05, 0.1) is 6.10 Å². The number of ether oxygens (including phenoxy) is 1. The average molecular weight is 222 g/mol. The van der Waals surface area contributed by atoms with E-state index < -0.39 is 0 Å². The number of hydrogen-bond donors (Lipinski definition) is 2. The minimum absolute atomic E-state index is 0.0168. The highest BCUT2D eigenvalue weighted by Crippen LogP contribution is 2.25. The van der Waals surface area contributed by atoms with E-state index in [-0.39, 0.29) is 11.6 Å². The highest BCUT2D eigenvalue weighted by Gasteiger charge is 2.10. The second-order valence-corrected chi connectivity index (χ2v) is 5.33. The highest BCUT2D eigenvalue weighted by atomic mass is 16.5. The summed E-state index contributed by atoms with van der Waals surface area (Å²) in [6.45, 7) is 10.3. The molecule has 0 aliphatic carbocycles. The van der Waals surface area contributed by atoms with Gasteiger partial charge in [-0.2, -0.15) is 0 Å². The molecule has 3 nitrogen and oxygen atoms in total. The number of benzene rings is 1. The van der Waals surface area contributed by atoms with Crippen molar-refractivity contribution < 1.29 is 4.74 Å². The normalized spacial score (nSPS) is 11.6. The van der Waals surface area contributed by atoms with Crippen molar-refractivity contribution in [3.63, 3.8) is 0 Å². The smallest absolute Gasteiger partial charge is 0.123 e. The maximum absolute atomic E-state index is 5.83. The summed E-state index contributed by atoms with van der Waals surface area (Å²) < 4.78 is 5.63. The number of rotatable bonds is 3. The molecule has 1 aromatic carbocycles. The fraction of sp³-hybridized carbons (Fsp3) is 0.538. The lowest BCUT2D eigenvalue weighted by Crippen LogP contribution is -2.26. The van der Waals surface area contributed by atoms with Crippen LogP contribution >= 0.6 is 0 Å².